The molecule has 0 aromatic heterocycles. The zero-order valence-corrected chi connectivity index (χ0v) is 10.5. The molecule has 2 N–H and O–H groups in total. The molecule has 3 heteroatoms. The summed E-state index contributed by atoms with van der Waals surface area (Å²) in [6.45, 7) is 6.36. The van der Waals surface area contributed by atoms with Crippen molar-refractivity contribution in [3.63, 3.8) is 0 Å². The van der Waals surface area contributed by atoms with Gasteiger partial charge in [-0.25, -0.2) is 0 Å². The van der Waals surface area contributed by atoms with E-state index >= 15 is 0 Å². The summed E-state index contributed by atoms with van der Waals surface area (Å²) in [5, 5.41) is 0. The lowest BCUT2D eigenvalue weighted by Crippen LogP contribution is -2.24. The van der Waals surface area contributed by atoms with Crippen LogP contribution in [0.4, 0.5) is 11.4 Å². The number of hydrogen-bond donors (Lipinski definition) is 1. The topological polar surface area (TPSA) is 38.5 Å². The van der Waals surface area contributed by atoms with Gasteiger partial charge in [-0.3, -0.25) is 0 Å². The first-order valence-corrected chi connectivity index (χ1v) is 5.92. The van der Waals surface area contributed by atoms with Gasteiger partial charge in [-0.1, -0.05) is 19.4 Å². The number of methoxy groups -OCH3 is 1. The van der Waals surface area contributed by atoms with Gasteiger partial charge in [0.25, 0.3) is 0 Å². The predicted octanol–water partition coefficient (Wildman–Crippen LogP) is 2.90. The van der Waals surface area contributed by atoms with Crippen molar-refractivity contribution in [1.82, 2.24) is 0 Å². The normalized spacial score (nSPS) is 10.2. The molecular formula is C13H22N2O. The van der Waals surface area contributed by atoms with E-state index in [9.17, 15) is 0 Å². The van der Waals surface area contributed by atoms with Crippen molar-refractivity contribution in [2.75, 3.05) is 30.8 Å². The largest absolute Gasteiger partial charge is 0.495 e. The number of para-hydroxylation sites is 1. The smallest absolute Gasteiger partial charge is 0.143 e. The zero-order chi connectivity index (χ0) is 12.0. The van der Waals surface area contributed by atoms with Crippen LogP contribution in [0.1, 0.15) is 26.7 Å². The fourth-order valence-electron chi connectivity index (χ4n) is 1.78. The molecular weight excluding hydrogens is 200 g/mol. The van der Waals surface area contributed by atoms with Crippen molar-refractivity contribution in [2.24, 2.45) is 0 Å². The molecule has 0 saturated heterocycles. The van der Waals surface area contributed by atoms with Gasteiger partial charge in [-0.15, -0.1) is 0 Å². The van der Waals surface area contributed by atoms with Crippen molar-refractivity contribution in [3.05, 3.63) is 18.2 Å². The highest BCUT2D eigenvalue weighted by Gasteiger charge is 2.10. The van der Waals surface area contributed by atoms with E-state index in [1.54, 1.807) is 7.11 Å². The second-order valence-corrected chi connectivity index (χ2v) is 3.83. The number of anilines is 2. The van der Waals surface area contributed by atoms with E-state index in [2.05, 4.69) is 24.8 Å². The van der Waals surface area contributed by atoms with Gasteiger partial charge in [0.15, 0.2) is 0 Å². The molecule has 0 heterocycles. The van der Waals surface area contributed by atoms with Gasteiger partial charge in [-0.05, 0) is 25.5 Å². The number of nitrogens with two attached hydrogens (primary N) is 1. The van der Waals surface area contributed by atoms with E-state index in [1.807, 2.05) is 12.1 Å². The van der Waals surface area contributed by atoms with E-state index in [-0.39, 0.29) is 0 Å². The quantitative estimate of drug-likeness (QED) is 0.752. The van der Waals surface area contributed by atoms with Crippen molar-refractivity contribution >= 4 is 11.4 Å². The van der Waals surface area contributed by atoms with Crippen molar-refractivity contribution in [1.29, 1.82) is 0 Å². The first-order chi connectivity index (χ1) is 7.74. The van der Waals surface area contributed by atoms with Gasteiger partial charge in [0.05, 0.1) is 18.5 Å². The Morgan fingerprint density at radius 3 is 2.62 bits per heavy atom. The Hall–Kier alpha value is -1.38. The summed E-state index contributed by atoms with van der Waals surface area (Å²) in [7, 11) is 1.65. The Bertz CT molecular complexity index is 326. The average Bonchev–Trinajstić information content (AvgIpc) is 2.32. The van der Waals surface area contributed by atoms with Crippen LogP contribution in [0, 0.1) is 0 Å². The van der Waals surface area contributed by atoms with Gasteiger partial charge in [-0.2, -0.15) is 0 Å². The van der Waals surface area contributed by atoms with Crippen molar-refractivity contribution in [3.8, 4) is 5.75 Å². The molecule has 0 aliphatic heterocycles. The van der Waals surface area contributed by atoms with Crippen LogP contribution < -0.4 is 15.4 Å². The van der Waals surface area contributed by atoms with Gasteiger partial charge in [0.1, 0.15) is 5.75 Å². The molecule has 0 bridgehead atoms. The Morgan fingerprint density at radius 2 is 2.06 bits per heavy atom. The molecule has 0 spiro atoms. The first kappa shape index (κ1) is 12.7. The fourth-order valence-corrected chi connectivity index (χ4v) is 1.78. The summed E-state index contributed by atoms with van der Waals surface area (Å²) >= 11 is 0. The minimum atomic E-state index is 0.739. The molecule has 0 fully saturated rings. The number of nitrogen functional groups attached to an aromatic ring is 1. The van der Waals surface area contributed by atoms with Gasteiger partial charge in [0, 0.05) is 13.1 Å². The average molecular weight is 222 g/mol. The van der Waals surface area contributed by atoms with Crippen molar-refractivity contribution in [2.45, 2.75) is 26.7 Å². The number of unbranched alkanes of at least 4 members (excludes halogenated alkanes) is 1. The highest BCUT2D eigenvalue weighted by atomic mass is 16.5. The highest BCUT2D eigenvalue weighted by Crippen LogP contribution is 2.31. The summed E-state index contributed by atoms with van der Waals surface area (Å²) in [5.74, 6) is 0.757. The second-order valence-electron chi connectivity index (χ2n) is 3.83. The van der Waals surface area contributed by atoms with E-state index in [1.165, 1.54) is 12.8 Å². The number of ether oxygens (including phenoxy) is 1. The molecule has 3 nitrogen and oxygen atoms in total. The third-order valence-corrected chi connectivity index (χ3v) is 2.77. The van der Waals surface area contributed by atoms with E-state index in [0.29, 0.717) is 0 Å². The molecule has 1 aromatic rings. The van der Waals surface area contributed by atoms with Crippen LogP contribution in [-0.4, -0.2) is 20.2 Å². The first-order valence-electron chi connectivity index (χ1n) is 5.92. The Labute approximate surface area is 98.2 Å². The molecule has 0 aliphatic carbocycles. The minimum Gasteiger partial charge on any atom is -0.495 e. The molecule has 0 amide bonds. The molecule has 0 unspecified atom stereocenters. The maximum absolute atomic E-state index is 6.08. The minimum absolute atomic E-state index is 0.739. The monoisotopic (exact) mass is 222 g/mol. The second kappa shape index (κ2) is 6.26. The SMILES string of the molecule is CCCCN(CC)c1cccc(OC)c1N. The lowest BCUT2D eigenvalue weighted by molar-refractivity contribution is 0.417. The molecule has 1 rings (SSSR count). The number of benzene rings is 1. The summed E-state index contributed by atoms with van der Waals surface area (Å²) in [6, 6.07) is 5.93. The van der Waals surface area contributed by atoms with Crippen LogP contribution in [0.5, 0.6) is 5.75 Å². The van der Waals surface area contributed by atoms with E-state index in [4.69, 9.17) is 10.5 Å². The summed E-state index contributed by atoms with van der Waals surface area (Å²) in [4.78, 5) is 2.29. The number of hydrogen-bond acceptors (Lipinski definition) is 3. The standard InChI is InChI=1S/C13H22N2O/c1-4-6-10-15(5-2)11-8-7-9-12(16-3)13(11)14/h7-9H,4-6,10,14H2,1-3H3. The maximum Gasteiger partial charge on any atom is 0.143 e. The third kappa shape index (κ3) is 2.81. The fraction of sp³-hybridized carbons (Fsp3) is 0.538. The van der Waals surface area contributed by atoms with Crippen LogP contribution >= 0.6 is 0 Å². The molecule has 0 aliphatic rings. The lowest BCUT2D eigenvalue weighted by Gasteiger charge is -2.25. The maximum atomic E-state index is 6.08. The summed E-state index contributed by atoms with van der Waals surface area (Å²) < 4.78 is 5.23. The Morgan fingerprint density at radius 1 is 1.31 bits per heavy atom. The molecule has 1 aromatic carbocycles. The van der Waals surface area contributed by atoms with Gasteiger partial charge in [0.2, 0.25) is 0 Å². The summed E-state index contributed by atoms with van der Waals surface area (Å²) in [5.41, 5.74) is 7.89. The van der Waals surface area contributed by atoms with Crippen LogP contribution in [0.2, 0.25) is 0 Å². The van der Waals surface area contributed by atoms with Crippen LogP contribution in [-0.2, 0) is 0 Å². The Balaban J connectivity index is 2.91. The molecule has 0 atom stereocenters. The van der Waals surface area contributed by atoms with E-state index < -0.39 is 0 Å². The third-order valence-electron chi connectivity index (χ3n) is 2.77. The van der Waals surface area contributed by atoms with Crippen LogP contribution in [0.25, 0.3) is 0 Å². The van der Waals surface area contributed by atoms with Crippen LogP contribution in [0.3, 0.4) is 0 Å². The highest BCUT2D eigenvalue weighted by molar-refractivity contribution is 5.74. The van der Waals surface area contributed by atoms with Gasteiger partial charge < -0.3 is 15.4 Å². The number of nitrogens with zero attached hydrogens (tertiary/aromatic N) is 1. The molecule has 90 valence electrons. The molecule has 16 heavy (non-hydrogen) atoms. The lowest BCUT2D eigenvalue weighted by atomic mass is 10.2. The van der Waals surface area contributed by atoms with Crippen molar-refractivity contribution < 1.29 is 4.74 Å². The van der Waals surface area contributed by atoms with Crippen LogP contribution in [0.15, 0.2) is 18.2 Å². The zero-order valence-electron chi connectivity index (χ0n) is 10.5. The van der Waals surface area contributed by atoms with Gasteiger partial charge >= 0.3 is 0 Å². The number of rotatable bonds is 6. The molecule has 0 saturated carbocycles. The summed E-state index contributed by atoms with van der Waals surface area (Å²) in [6.07, 6.45) is 2.38. The predicted molar refractivity (Wildman–Crippen MR) is 70.2 cm³/mol. The Kier molecular flexibility index (Phi) is 4.96. The molecule has 0 radical (unpaired) electrons. The van der Waals surface area contributed by atoms with E-state index in [0.717, 1.165) is 30.2 Å².